The molecule has 0 aliphatic carbocycles. The van der Waals surface area contributed by atoms with Crippen LogP contribution in [0.1, 0.15) is 12.8 Å². The highest BCUT2D eigenvalue weighted by atomic mass is 35.5. The van der Waals surface area contributed by atoms with E-state index in [1.807, 2.05) is 0 Å². The first-order valence-electron chi connectivity index (χ1n) is 5.19. The molecule has 8 heteroatoms. The van der Waals surface area contributed by atoms with Crippen molar-refractivity contribution in [2.75, 3.05) is 11.9 Å². The van der Waals surface area contributed by atoms with E-state index in [4.69, 9.17) is 11.6 Å². The second-order valence-electron chi connectivity index (χ2n) is 3.70. The number of hydrogen-bond donors (Lipinski definition) is 1. The average molecular weight is 296 g/mol. The largest absolute Gasteiger partial charge is 0.389 e. The molecule has 0 saturated carbocycles. The molecule has 0 fully saturated rings. The highest BCUT2D eigenvalue weighted by Crippen LogP contribution is 2.30. The normalized spacial score (nSPS) is 12.0. The van der Waals surface area contributed by atoms with Crippen LogP contribution >= 0.6 is 23.3 Å². The Hall–Kier alpha value is -1.08. The van der Waals surface area contributed by atoms with Gasteiger partial charge in [0.2, 0.25) is 0 Å². The maximum absolute atomic E-state index is 12.0. The van der Waals surface area contributed by atoms with Crippen molar-refractivity contribution < 1.29 is 13.2 Å². The zero-order valence-electron chi connectivity index (χ0n) is 9.09. The van der Waals surface area contributed by atoms with E-state index in [1.54, 1.807) is 12.1 Å². The predicted molar refractivity (Wildman–Crippen MR) is 66.2 cm³/mol. The quantitative estimate of drug-likeness (QED) is 0.863. The SMILES string of the molecule is FC(F)(F)CCCNc1c(Cl)ccc2nsnc12. The van der Waals surface area contributed by atoms with Gasteiger partial charge in [0.15, 0.2) is 0 Å². The van der Waals surface area contributed by atoms with Crippen LogP contribution in [0.15, 0.2) is 12.1 Å². The lowest BCUT2D eigenvalue weighted by Crippen LogP contribution is -2.11. The first-order chi connectivity index (χ1) is 8.47. The average Bonchev–Trinajstić information content (AvgIpc) is 2.73. The van der Waals surface area contributed by atoms with E-state index in [0.717, 1.165) is 11.7 Å². The van der Waals surface area contributed by atoms with E-state index in [1.165, 1.54) is 0 Å². The van der Waals surface area contributed by atoms with Gasteiger partial charge in [0.05, 0.1) is 22.4 Å². The van der Waals surface area contributed by atoms with Gasteiger partial charge < -0.3 is 5.32 Å². The third-order valence-corrected chi connectivity index (χ3v) is 3.17. The number of aromatic nitrogens is 2. The summed E-state index contributed by atoms with van der Waals surface area (Å²) in [7, 11) is 0. The number of anilines is 1. The number of nitrogens with one attached hydrogen (secondary N) is 1. The van der Waals surface area contributed by atoms with Crippen molar-refractivity contribution in [1.82, 2.24) is 8.75 Å². The summed E-state index contributed by atoms with van der Waals surface area (Å²) in [6.45, 7) is 0.190. The third kappa shape index (κ3) is 3.23. The molecule has 1 heterocycles. The van der Waals surface area contributed by atoms with Gasteiger partial charge >= 0.3 is 6.18 Å². The van der Waals surface area contributed by atoms with Crippen LogP contribution in [0.25, 0.3) is 11.0 Å². The summed E-state index contributed by atoms with van der Waals surface area (Å²) in [5.41, 5.74) is 1.83. The van der Waals surface area contributed by atoms with Crippen molar-refractivity contribution in [2.45, 2.75) is 19.0 Å². The minimum atomic E-state index is -4.13. The van der Waals surface area contributed by atoms with Crippen molar-refractivity contribution in [1.29, 1.82) is 0 Å². The molecule has 2 rings (SSSR count). The fourth-order valence-corrected chi connectivity index (χ4v) is 2.26. The van der Waals surface area contributed by atoms with Crippen LogP contribution in [0, 0.1) is 0 Å². The molecule has 0 spiro atoms. The Balaban J connectivity index is 2.03. The van der Waals surface area contributed by atoms with Gasteiger partial charge in [-0.1, -0.05) is 11.6 Å². The lowest BCUT2D eigenvalue weighted by Gasteiger charge is -2.09. The number of hydrogen-bond acceptors (Lipinski definition) is 4. The van der Waals surface area contributed by atoms with Gasteiger partial charge in [-0.2, -0.15) is 21.9 Å². The summed E-state index contributed by atoms with van der Waals surface area (Å²) in [5.74, 6) is 0. The molecular formula is C10H9ClF3N3S. The maximum atomic E-state index is 12.0. The summed E-state index contributed by atoms with van der Waals surface area (Å²) >= 11 is 7.02. The molecule has 2 aromatic rings. The number of benzene rings is 1. The van der Waals surface area contributed by atoms with E-state index in [-0.39, 0.29) is 13.0 Å². The molecule has 98 valence electrons. The van der Waals surface area contributed by atoms with Gasteiger partial charge in [0, 0.05) is 13.0 Å². The Kier molecular flexibility index (Phi) is 3.91. The molecule has 0 bridgehead atoms. The van der Waals surface area contributed by atoms with E-state index >= 15 is 0 Å². The molecule has 18 heavy (non-hydrogen) atoms. The highest BCUT2D eigenvalue weighted by molar-refractivity contribution is 7.00. The summed E-state index contributed by atoms with van der Waals surface area (Å²) in [6.07, 6.45) is -4.95. The van der Waals surface area contributed by atoms with Crippen LogP contribution in [0.5, 0.6) is 0 Å². The number of halogens is 4. The van der Waals surface area contributed by atoms with Gasteiger partial charge in [-0.3, -0.25) is 0 Å². The molecule has 1 aromatic carbocycles. The van der Waals surface area contributed by atoms with Gasteiger partial charge in [0.25, 0.3) is 0 Å². The van der Waals surface area contributed by atoms with E-state index in [9.17, 15) is 13.2 Å². The Morgan fingerprint density at radius 1 is 1.28 bits per heavy atom. The monoisotopic (exact) mass is 295 g/mol. The smallest absolute Gasteiger partial charge is 0.382 e. The van der Waals surface area contributed by atoms with Gasteiger partial charge in [0.1, 0.15) is 11.0 Å². The minimum Gasteiger partial charge on any atom is -0.382 e. The fraction of sp³-hybridized carbons (Fsp3) is 0.400. The fourth-order valence-electron chi connectivity index (χ4n) is 1.50. The molecule has 0 saturated heterocycles. The molecular weight excluding hydrogens is 287 g/mol. The Morgan fingerprint density at radius 3 is 2.78 bits per heavy atom. The van der Waals surface area contributed by atoms with Crippen LogP contribution in [-0.4, -0.2) is 21.5 Å². The molecule has 0 atom stereocenters. The Labute approximate surface area is 110 Å². The van der Waals surface area contributed by atoms with E-state index in [2.05, 4.69) is 14.1 Å². The molecule has 1 aromatic heterocycles. The van der Waals surface area contributed by atoms with Crippen LogP contribution in [-0.2, 0) is 0 Å². The van der Waals surface area contributed by atoms with Crippen LogP contribution < -0.4 is 5.32 Å². The number of fused-ring (bicyclic) bond motifs is 1. The van der Waals surface area contributed by atoms with Crippen LogP contribution in [0.4, 0.5) is 18.9 Å². The summed E-state index contributed by atoms with van der Waals surface area (Å²) in [5, 5.41) is 3.32. The van der Waals surface area contributed by atoms with Crippen molar-refractivity contribution in [3.63, 3.8) is 0 Å². The zero-order chi connectivity index (χ0) is 13.2. The summed E-state index contributed by atoms with van der Waals surface area (Å²) in [6, 6.07) is 3.37. The Bertz CT molecular complexity index is 541. The molecule has 0 aliphatic heterocycles. The van der Waals surface area contributed by atoms with Gasteiger partial charge in [-0.15, -0.1) is 0 Å². The molecule has 0 aliphatic rings. The maximum Gasteiger partial charge on any atom is 0.389 e. The molecule has 3 nitrogen and oxygen atoms in total. The standard InChI is InChI=1S/C10H9ClF3N3S/c11-6-2-3-7-9(17-18-16-7)8(6)15-5-1-4-10(12,13)14/h2-3,15H,1,4-5H2. The second kappa shape index (κ2) is 5.27. The van der Waals surface area contributed by atoms with Gasteiger partial charge in [-0.25, -0.2) is 0 Å². The van der Waals surface area contributed by atoms with Gasteiger partial charge in [-0.05, 0) is 18.6 Å². The van der Waals surface area contributed by atoms with E-state index in [0.29, 0.717) is 21.7 Å². The molecule has 1 N–H and O–H groups in total. The summed E-state index contributed by atoms with van der Waals surface area (Å²) in [4.78, 5) is 0. The molecule has 0 amide bonds. The van der Waals surface area contributed by atoms with Crippen molar-refractivity contribution in [3.8, 4) is 0 Å². The molecule has 0 radical (unpaired) electrons. The second-order valence-corrected chi connectivity index (χ2v) is 4.64. The first-order valence-corrected chi connectivity index (χ1v) is 6.29. The molecule has 0 unspecified atom stereocenters. The topological polar surface area (TPSA) is 37.8 Å². The van der Waals surface area contributed by atoms with Crippen LogP contribution in [0.3, 0.4) is 0 Å². The third-order valence-electron chi connectivity index (χ3n) is 2.32. The van der Waals surface area contributed by atoms with E-state index < -0.39 is 12.6 Å². The number of rotatable bonds is 4. The highest BCUT2D eigenvalue weighted by Gasteiger charge is 2.25. The summed E-state index contributed by atoms with van der Waals surface area (Å²) < 4.78 is 44.1. The lowest BCUT2D eigenvalue weighted by molar-refractivity contribution is -0.134. The zero-order valence-corrected chi connectivity index (χ0v) is 10.7. The Morgan fingerprint density at radius 2 is 2.06 bits per heavy atom. The number of alkyl halides is 3. The van der Waals surface area contributed by atoms with Crippen molar-refractivity contribution in [2.24, 2.45) is 0 Å². The minimum absolute atomic E-state index is 0.00617. The number of nitrogens with zero attached hydrogens (tertiary/aromatic N) is 2. The first kappa shape index (κ1) is 13.4. The predicted octanol–water partition coefficient (Wildman–Crippen LogP) is 4.10. The van der Waals surface area contributed by atoms with Crippen molar-refractivity contribution >= 4 is 40.0 Å². The van der Waals surface area contributed by atoms with Crippen LogP contribution in [0.2, 0.25) is 5.02 Å². The van der Waals surface area contributed by atoms with Crippen molar-refractivity contribution in [3.05, 3.63) is 17.2 Å². The lowest BCUT2D eigenvalue weighted by atomic mass is 10.2.